The number of carbonyl (C=O) groups is 3. The van der Waals surface area contributed by atoms with Crippen molar-refractivity contribution in [2.75, 3.05) is 5.32 Å². The van der Waals surface area contributed by atoms with Gasteiger partial charge in [0, 0.05) is 23.3 Å². The lowest BCUT2D eigenvalue weighted by Crippen LogP contribution is -2.28. The zero-order chi connectivity index (χ0) is 27.1. The molecule has 0 aliphatic carbocycles. The SMILES string of the molecule is CC(C)(C)OC(=O)Nc1nn(C(=O)OC(C)(C)C)cc1-c1cccc2c1ccn2C(=O)OC(C)(C)C. The molecule has 10 heteroatoms. The van der Waals surface area contributed by atoms with E-state index in [0.717, 1.165) is 4.68 Å². The second-order valence-corrected chi connectivity index (χ2v) is 11.3. The first-order chi connectivity index (χ1) is 16.4. The van der Waals surface area contributed by atoms with Gasteiger partial charge in [-0.3, -0.25) is 9.88 Å². The molecule has 36 heavy (non-hydrogen) atoms. The van der Waals surface area contributed by atoms with E-state index in [4.69, 9.17) is 14.2 Å². The van der Waals surface area contributed by atoms with Gasteiger partial charge < -0.3 is 14.2 Å². The topological polar surface area (TPSA) is 114 Å². The Hall–Kier alpha value is -3.82. The van der Waals surface area contributed by atoms with Crippen LogP contribution in [0.15, 0.2) is 36.7 Å². The minimum Gasteiger partial charge on any atom is -0.444 e. The third kappa shape index (κ3) is 6.65. The van der Waals surface area contributed by atoms with E-state index in [-0.39, 0.29) is 5.82 Å². The number of amides is 1. The summed E-state index contributed by atoms with van der Waals surface area (Å²) in [5.74, 6) is 0.104. The Bertz CT molecular complexity index is 1300. The van der Waals surface area contributed by atoms with Crippen LogP contribution in [0.2, 0.25) is 0 Å². The fraction of sp³-hybridized carbons (Fsp3) is 0.462. The highest BCUT2D eigenvalue weighted by molar-refractivity contribution is 6.02. The minimum atomic E-state index is -0.743. The van der Waals surface area contributed by atoms with Gasteiger partial charge in [0.15, 0.2) is 5.82 Å². The lowest BCUT2D eigenvalue weighted by molar-refractivity contribution is 0.0509. The van der Waals surface area contributed by atoms with Crippen molar-refractivity contribution in [3.05, 3.63) is 36.7 Å². The summed E-state index contributed by atoms with van der Waals surface area (Å²) in [6.45, 7) is 15.8. The van der Waals surface area contributed by atoms with Gasteiger partial charge >= 0.3 is 18.3 Å². The number of nitrogens with one attached hydrogen (secondary N) is 1. The highest BCUT2D eigenvalue weighted by atomic mass is 16.6. The molecular weight excluding hydrogens is 464 g/mol. The Labute approximate surface area is 210 Å². The Kier molecular flexibility index (Phi) is 6.94. The number of rotatable bonds is 2. The summed E-state index contributed by atoms with van der Waals surface area (Å²) >= 11 is 0. The van der Waals surface area contributed by atoms with Crippen LogP contribution in [0.5, 0.6) is 0 Å². The van der Waals surface area contributed by atoms with Crippen molar-refractivity contribution in [1.82, 2.24) is 14.3 Å². The van der Waals surface area contributed by atoms with Gasteiger partial charge in [-0.1, -0.05) is 12.1 Å². The predicted octanol–water partition coefficient (Wildman–Crippen LogP) is 6.42. The van der Waals surface area contributed by atoms with E-state index in [1.165, 1.54) is 10.8 Å². The van der Waals surface area contributed by atoms with Gasteiger partial charge in [0.25, 0.3) is 0 Å². The highest BCUT2D eigenvalue weighted by Gasteiger charge is 2.26. The Morgan fingerprint density at radius 1 is 0.778 bits per heavy atom. The number of anilines is 1. The smallest absolute Gasteiger partial charge is 0.435 e. The number of fused-ring (bicyclic) bond motifs is 1. The van der Waals surface area contributed by atoms with Crippen molar-refractivity contribution >= 4 is 35.0 Å². The summed E-state index contributed by atoms with van der Waals surface area (Å²) in [7, 11) is 0. The normalized spacial score (nSPS) is 12.4. The summed E-state index contributed by atoms with van der Waals surface area (Å²) < 4.78 is 18.8. The highest BCUT2D eigenvalue weighted by Crippen LogP contribution is 2.34. The zero-order valence-electron chi connectivity index (χ0n) is 22.3. The number of hydrogen-bond acceptors (Lipinski definition) is 7. The first-order valence-corrected chi connectivity index (χ1v) is 11.6. The number of aromatic nitrogens is 3. The molecule has 2 heterocycles. The Morgan fingerprint density at radius 3 is 1.94 bits per heavy atom. The van der Waals surface area contributed by atoms with Gasteiger partial charge in [0.2, 0.25) is 0 Å². The molecule has 1 amide bonds. The number of ether oxygens (including phenoxy) is 3. The van der Waals surface area contributed by atoms with Gasteiger partial charge in [-0.25, -0.2) is 14.4 Å². The maximum Gasteiger partial charge on any atom is 0.435 e. The number of carbonyl (C=O) groups excluding carboxylic acids is 3. The number of nitrogens with zero attached hydrogens (tertiary/aromatic N) is 3. The van der Waals surface area contributed by atoms with Gasteiger partial charge in [-0.2, -0.15) is 4.68 Å². The molecular formula is C26H34N4O6. The molecule has 0 unspecified atom stereocenters. The predicted molar refractivity (Wildman–Crippen MR) is 136 cm³/mol. The minimum absolute atomic E-state index is 0.104. The third-order valence-electron chi connectivity index (χ3n) is 4.53. The molecule has 2 aromatic heterocycles. The molecule has 194 valence electrons. The largest absolute Gasteiger partial charge is 0.444 e. The first kappa shape index (κ1) is 26.8. The van der Waals surface area contributed by atoms with Gasteiger partial charge in [0.05, 0.1) is 5.52 Å². The lowest BCUT2D eigenvalue weighted by Gasteiger charge is -2.20. The molecule has 0 fully saturated rings. The van der Waals surface area contributed by atoms with Crippen LogP contribution in [-0.4, -0.2) is 49.4 Å². The summed E-state index contributed by atoms with van der Waals surface area (Å²) in [5, 5.41) is 7.59. The van der Waals surface area contributed by atoms with Crippen LogP contribution in [0.1, 0.15) is 62.3 Å². The summed E-state index contributed by atoms with van der Waals surface area (Å²) in [5.41, 5.74) is -0.468. The average molecular weight is 499 g/mol. The molecule has 0 aliphatic rings. The van der Waals surface area contributed by atoms with Crippen molar-refractivity contribution in [1.29, 1.82) is 0 Å². The lowest BCUT2D eigenvalue weighted by atomic mass is 10.0. The van der Waals surface area contributed by atoms with Crippen molar-refractivity contribution < 1.29 is 28.6 Å². The van der Waals surface area contributed by atoms with E-state index >= 15 is 0 Å². The van der Waals surface area contributed by atoms with E-state index in [9.17, 15) is 14.4 Å². The van der Waals surface area contributed by atoms with Crippen LogP contribution in [0, 0.1) is 0 Å². The van der Waals surface area contributed by atoms with Crippen molar-refractivity contribution in [3.63, 3.8) is 0 Å². The number of hydrogen-bond donors (Lipinski definition) is 1. The van der Waals surface area contributed by atoms with Crippen LogP contribution >= 0.6 is 0 Å². The van der Waals surface area contributed by atoms with Gasteiger partial charge in [-0.05, 0) is 80.0 Å². The Balaban J connectivity index is 2.10. The van der Waals surface area contributed by atoms with Gasteiger partial charge in [0.1, 0.15) is 16.8 Å². The maximum atomic E-state index is 12.7. The maximum absolute atomic E-state index is 12.7. The van der Waals surface area contributed by atoms with Crippen LogP contribution < -0.4 is 5.32 Å². The van der Waals surface area contributed by atoms with Crippen LogP contribution in [0.4, 0.5) is 20.2 Å². The fourth-order valence-corrected chi connectivity index (χ4v) is 3.34. The molecule has 0 atom stereocenters. The molecule has 0 saturated carbocycles. The molecule has 3 aromatic rings. The van der Waals surface area contributed by atoms with E-state index in [2.05, 4.69) is 10.4 Å². The van der Waals surface area contributed by atoms with Crippen LogP contribution in [0.3, 0.4) is 0 Å². The van der Waals surface area contributed by atoms with Crippen molar-refractivity contribution in [2.45, 2.75) is 79.1 Å². The molecule has 1 aromatic carbocycles. The monoisotopic (exact) mass is 498 g/mol. The summed E-state index contributed by atoms with van der Waals surface area (Å²) in [6, 6.07) is 7.11. The van der Waals surface area contributed by atoms with E-state index in [1.54, 1.807) is 92.8 Å². The molecule has 0 bridgehead atoms. The quantitative estimate of drug-likeness (QED) is 0.406. The third-order valence-corrected chi connectivity index (χ3v) is 4.53. The second-order valence-electron chi connectivity index (χ2n) is 11.3. The summed E-state index contributed by atoms with van der Waals surface area (Å²) in [4.78, 5) is 38.0. The number of benzene rings is 1. The van der Waals surface area contributed by atoms with Crippen molar-refractivity contribution in [3.8, 4) is 11.1 Å². The van der Waals surface area contributed by atoms with E-state index in [0.29, 0.717) is 22.0 Å². The van der Waals surface area contributed by atoms with Gasteiger partial charge in [-0.15, -0.1) is 5.10 Å². The zero-order valence-corrected chi connectivity index (χ0v) is 22.3. The Morgan fingerprint density at radius 2 is 1.36 bits per heavy atom. The van der Waals surface area contributed by atoms with Crippen molar-refractivity contribution in [2.24, 2.45) is 0 Å². The first-order valence-electron chi connectivity index (χ1n) is 11.6. The fourth-order valence-electron chi connectivity index (χ4n) is 3.34. The van der Waals surface area contributed by atoms with Crippen LogP contribution in [0.25, 0.3) is 22.0 Å². The molecule has 3 rings (SSSR count). The van der Waals surface area contributed by atoms with Crippen LogP contribution in [-0.2, 0) is 14.2 Å². The van der Waals surface area contributed by atoms with E-state index in [1.807, 2.05) is 0 Å². The molecule has 0 spiro atoms. The average Bonchev–Trinajstić information content (AvgIpc) is 3.28. The standard InChI is InChI=1S/C26H34N4O6/c1-24(2,3)34-21(31)27-20-18(15-30(28-20)23(33)36-26(7,8)9)16-11-10-12-19-17(16)13-14-29(19)22(32)35-25(4,5)6/h10-15H,1-9H3,(H,27,28,31). The molecule has 0 saturated heterocycles. The molecule has 0 radical (unpaired) electrons. The summed E-state index contributed by atoms with van der Waals surface area (Å²) in [6.07, 6.45) is 1.13. The molecule has 10 nitrogen and oxygen atoms in total. The second kappa shape index (κ2) is 9.33. The molecule has 1 N–H and O–H groups in total. The van der Waals surface area contributed by atoms with E-state index < -0.39 is 35.1 Å². The molecule has 0 aliphatic heterocycles.